The molecule has 1 aliphatic rings. The summed E-state index contributed by atoms with van der Waals surface area (Å²) in [4.78, 5) is 22.5. The van der Waals surface area contributed by atoms with Crippen molar-refractivity contribution < 1.29 is 9.72 Å². The van der Waals surface area contributed by atoms with Gasteiger partial charge in [-0.15, -0.1) is 0 Å². The Morgan fingerprint density at radius 1 is 1.50 bits per heavy atom. The summed E-state index contributed by atoms with van der Waals surface area (Å²) in [5.74, 6) is -0.284. The predicted molar refractivity (Wildman–Crippen MR) is 76.4 cm³/mol. The van der Waals surface area contributed by atoms with Gasteiger partial charge in [0, 0.05) is 17.7 Å². The number of rotatable bonds is 3. The van der Waals surface area contributed by atoms with Gasteiger partial charge in [0.2, 0.25) is 0 Å². The lowest BCUT2D eigenvalue weighted by atomic mass is 9.87. The number of nitro groups is 1. The topological polar surface area (TPSA) is 98.3 Å². The molecule has 1 aromatic carbocycles. The van der Waals surface area contributed by atoms with Gasteiger partial charge in [-0.2, -0.15) is 0 Å². The van der Waals surface area contributed by atoms with Crippen LogP contribution in [0.1, 0.15) is 43.5 Å². The van der Waals surface area contributed by atoms with E-state index in [9.17, 15) is 14.9 Å². The Morgan fingerprint density at radius 2 is 2.20 bits per heavy atom. The van der Waals surface area contributed by atoms with Crippen LogP contribution < -0.4 is 11.1 Å². The third-order valence-corrected chi connectivity index (χ3v) is 4.05. The smallest absolute Gasteiger partial charge is 0.292 e. The molecule has 0 saturated heterocycles. The van der Waals surface area contributed by atoms with Crippen LogP contribution in [0.4, 0.5) is 11.4 Å². The third-order valence-electron chi connectivity index (χ3n) is 4.05. The Bertz CT molecular complexity index is 555. The number of nitro benzene ring substituents is 1. The molecule has 0 radical (unpaired) electrons. The van der Waals surface area contributed by atoms with Crippen molar-refractivity contribution in [1.82, 2.24) is 5.32 Å². The predicted octanol–water partition coefficient (Wildman–Crippen LogP) is 2.49. The average molecular weight is 277 g/mol. The monoisotopic (exact) mass is 277 g/mol. The third kappa shape index (κ3) is 2.74. The minimum Gasteiger partial charge on any atom is -0.393 e. The molecule has 1 unspecified atom stereocenters. The molecule has 20 heavy (non-hydrogen) atoms. The highest BCUT2D eigenvalue weighted by Gasteiger charge is 2.35. The second-order valence-corrected chi connectivity index (χ2v) is 5.94. The highest BCUT2D eigenvalue weighted by molar-refractivity contribution is 5.95. The van der Waals surface area contributed by atoms with Crippen molar-refractivity contribution in [3.63, 3.8) is 0 Å². The van der Waals surface area contributed by atoms with Crippen LogP contribution in [0.3, 0.4) is 0 Å². The molecule has 0 heterocycles. The van der Waals surface area contributed by atoms with Crippen LogP contribution in [0.2, 0.25) is 0 Å². The number of hydrogen-bond acceptors (Lipinski definition) is 4. The van der Waals surface area contributed by atoms with Gasteiger partial charge in [0.05, 0.1) is 4.92 Å². The van der Waals surface area contributed by atoms with Crippen molar-refractivity contribution in [2.24, 2.45) is 5.41 Å². The Hall–Kier alpha value is -2.11. The van der Waals surface area contributed by atoms with Crippen LogP contribution in [0.5, 0.6) is 0 Å². The van der Waals surface area contributed by atoms with E-state index in [-0.39, 0.29) is 34.3 Å². The molecule has 1 amide bonds. The maximum atomic E-state index is 12.2. The van der Waals surface area contributed by atoms with Gasteiger partial charge in [0.25, 0.3) is 11.6 Å². The number of nitrogens with zero attached hydrogens (tertiary/aromatic N) is 1. The Balaban J connectivity index is 2.18. The summed E-state index contributed by atoms with van der Waals surface area (Å²) in [7, 11) is 0. The molecule has 1 aliphatic carbocycles. The lowest BCUT2D eigenvalue weighted by Crippen LogP contribution is -2.41. The number of carbonyl (C=O) groups excluding carboxylic acids is 1. The van der Waals surface area contributed by atoms with Gasteiger partial charge >= 0.3 is 0 Å². The van der Waals surface area contributed by atoms with Crippen molar-refractivity contribution in [3.8, 4) is 0 Å². The number of hydrogen-bond donors (Lipinski definition) is 2. The van der Waals surface area contributed by atoms with Crippen LogP contribution in [0, 0.1) is 15.5 Å². The van der Waals surface area contributed by atoms with Gasteiger partial charge in [-0.3, -0.25) is 14.9 Å². The van der Waals surface area contributed by atoms with Crippen molar-refractivity contribution >= 4 is 17.3 Å². The van der Waals surface area contributed by atoms with E-state index in [0.29, 0.717) is 0 Å². The van der Waals surface area contributed by atoms with E-state index >= 15 is 0 Å². The molecular formula is C14H19N3O3. The Kier molecular flexibility index (Phi) is 3.65. The van der Waals surface area contributed by atoms with E-state index < -0.39 is 4.92 Å². The van der Waals surface area contributed by atoms with Crippen LogP contribution in [0.25, 0.3) is 0 Å². The number of amides is 1. The van der Waals surface area contributed by atoms with Crippen LogP contribution in [0.15, 0.2) is 18.2 Å². The first-order valence-electron chi connectivity index (χ1n) is 6.66. The van der Waals surface area contributed by atoms with Gasteiger partial charge < -0.3 is 11.1 Å². The summed E-state index contributed by atoms with van der Waals surface area (Å²) in [6.07, 6.45) is 3.09. The van der Waals surface area contributed by atoms with E-state index in [1.807, 2.05) is 0 Å². The Labute approximate surface area is 117 Å². The van der Waals surface area contributed by atoms with Crippen molar-refractivity contribution in [2.75, 3.05) is 5.73 Å². The average Bonchev–Trinajstić information content (AvgIpc) is 2.68. The van der Waals surface area contributed by atoms with E-state index in [0.717, 1.165) is 19.3 Å². The summed E-state index contributed by atoms with van der Waals surface area (Å²) in [6, 6.07) is 4.24. The van der Waals surface area contributed by atoms with Gasteiger partial charge in [-0.05, 0) is 30.4 Å². The molecule has 1 saturated carbocycles. The SMILES string of the molecule is CC1(C)CCCC1NC(=O)c1ccc(N)c([N+](=O)[O-])c1. The highest BCUT2D eigenvalue weighted by atomic mass is 16.6. The van der Waals surface area contributed by atoms with Gasteiger partial charge in [0.15, 0.2) is 0 Å². The standard InChI is InChI=1S/C14H19N3O3/c1-14(2)7-3-4-12(14)16-13(18)9-5-6-10(15)11(8-9)17(19)20/h5-6,8,12H,3-4,7,15H2,1-2H3,(H,16,18). The summed E-state index contributed by atoms with van der Waals surface area (Å²) >= 11 is 0. The number of carbonyl (C=O) groups is 1. The summed E-state index contributed by atoms with van der Waals surface area (Å²) in [5, 5.41) is 13.8. The van der Waals surface area contributed by atoms with Crippen LogP contribution in [-0.4, -0.2) is 16.9 Å². The fourth-order valence-electron chi connectivity index (χ4n) is 2.68. The van der Waals surface area contributed by atoms with Crippen LogP contribution >= 0.6 is 0 Å². The molecule has 108 valence electrons. The molecule has 0 aliphatic heterocycles. The van der Waals surface area contributed by atoms with Gasteiger partial charge in [-0.25, -0.2) is 0 Å². The first-order chi connectivity index (χ1) is 9.31. The zero-order chi connectivity index (χ0) is 14.9. The highest BCUT2D eigenvalue weighted by Crippen LogP contribution is 2.37. The van der Waals surface area contributed by atoms with Crippen molar-refractivity contribution in [2.45, 2.75) is 39.2 Å². The lowest BCUT2D eigenvalue weighted by Gasteiger charge is -2.27. The molecule has 0 bridgehead atoms. The van der Waals surface area contributed by atoms with Gasteiger partial charge in [0.1, 0.15) is 5.69 Å². The number of nitrogen functional groups attached to an aromatic ring is 1. The van der Waals surface area contributed by atoms with E-state index in [1.54, 1.807) is 0 Å². The first kappa shape index (κ1) is 14.3. The summed E-state index contributed by atoms with van der Waals surface area (Å²) in [6.45, 7) is 4.24. The maximum absolute atomic E-state index is 12.2. The molecule has 6 heteroatoms. The Morgan fingerprint density at radius 3 is 2.75 bits per heavy atom. The first-order valence-corrected chi connectivity index (χ1v) is 6.66. The normalized spacial score (nSPS) is 20.6. The molecule has 1 atom stereocenters. The van der Waals surface area contributed by atoms with Crippen LogP contribution in [-0.2, 0) is 0 Å². The number of benzene rings is 1. The van der Waals surface area contributed by atoms with E-state index in [2.05, 4.69) is 19.2 Å². The molecule has 0 aromatic heterocycles. The van der Waals surface area contributed by atoms with E-state index in [1.165, 1.54) is 18.2 Å². The maximum Gasteiger partial charge on any atom is 0.292 e. The minimum atomic E-state index is -0.578. The summed E-state index contributed by atoms with van der Waals surface area (Å²) < 4.78 is 0. The largest absolute Gasteiger partial charge is 0.393 e. The molecular weight excluding hydrogens is 258 g/mol. The second kappa shape index (κ2) is 5.11. The second-order valence-electron chi connectivity index (χ2n) is 5.94. The van der Waals surface area contributed by atoms with E-state index in [4.69, 9.17) is 5.73 Å². The number of nitrogens with one attached hydrogen (secondary N) is 1. The summed E-state index contributed by atoms with van der Waals surface area (Å²) in [5.41, 5.74) is 5.69. The van der Waals surface area contributed by atoms with Crippen molar-refractivity contribution in [1.29, 1.82) is 0 Å². The quantitative estimate of drug-likeness (QED) is 0.503. The zero-order valence-electron chi connectivity index (χ0n) is 11.7. The molecule has 2 rings (SSSR count). The van der Waals surface area contributed by atoms with Gasteiger partial charge in [-0.1, -0.05) is 20.3 Å². The lowest BCUT2D eigenvalue weighted by molar-refractivity contribution is -0.383. The number of nitrogens with two attached hydrogens (primary N) is 1. The molecule has 3 N–H and O–H groups in total. The number of anilines is 1. The minimum absolute atomic E-state index is 0.0627. The molecule has 1 fully saturated rings. The van der Waals surface area contributed by atoms with Crippen molar-refractivity contribution in [3.05, 3.63) is 33.9 Å². The molecule has 6 nitrogen and oxygen atoms in total. The fourth-order valence-corrected chi connectivity index (χ4v) is 2.68. The molecule has 0 spiro atoms. The zero-order valence-corrected chi connectivity index (χ0v) is 11.7. The molecule has 1 aromatic rings. The fraction of sp³-hybridized carbons (Fsp3) is 0.500.